The van der Waals surface area contributed by atoms with Crippen molar-refractivity contribution in [2.45, 2.75) is 45.6 Å². The molecule has 1 atom stereocenters. The number of nitrogen functional groups attached to an aromatic ring is 1. The number of hydrogen-bond acceptors (Lipinski definition) is 4. The topological polar surface area (TPSA) is 80.9 Å². The first-order valence-corrected chi connectivity index (χ1v) is 6.37. The van der Waals surface area contributed by atoms with Gasteiger partial charge in [0.2, 0.25) is 0 Å². The number of hydrogen-bond donors (Lipinski definition) is 2. The molecule has 0 radical (unpaired) electrons. The van der Waals surface area contributed by atoms with Crippen molar-refractivity contribution in [3.8, 4) is 0 Å². The molecule has 0 saturated heterocycles. The molecular formula is C13H20N4O. The Hall–Kier alpha value is -1.65. The Labute approximate surface area is 107 Å². The first-order chi connectivity index (χ1) is 8.49. The van der Waals surface area contributed by atoms with E-state index in [2.05, 4.69) is 29.1 Å². The third kappa shape index (κ3) is 2.78. The lowest BCUT2D eigenvalue weighted by Gasteiger charge is -2.38. The van der Waals surface area contributed by atoms with Crippen molar-refractivity contribution in [1.82, 2.24) is 15.3 Å². The minimum atomic E-state index is -0.185. The van der Waals surface area contributed by atoms with Gasteiger partial charge in [0.15, 0.2) is 0 Å². The van der Waals surface area contributed by atoms with E-state index in [1.54, 1.807) is 0 Å². The van der Waals surface area contributed by atoms with E-state index in [9.17, 15) is 4.79 Å². The molecule has 1 heterocycles. The van der Waals surface area contributed by atoms with Gasteiger partial charge in [0.25, 0.3) is 5.91 Å². The first kappa shape index (κ1) is 12.8. The van der Waals surface area contributed by atoms with Crippen LogP contribution in [0.2, 0.25) is 0 Å². The molecule has 0 aromatic carbocycles. The number of nitrogens with one attached hydrogen (secondary N) is 1. The largest absolute Gasteiger partial charge is 0.382 e. The van der Waals surface area contributed by atoms with Gasteiger partial charge in [-0.3, -0.25) is 9.78 Å². The molecule has 98 valence electrons. The Balaban J connectivity index is 2.07. The Bertz CT molecular complexity index is 444. The molecule has 3 N–H and O–H groups in total. The molecule has 1 saturated carbocycles. The standard InChI is InChI=1S/C13H20N4O/c1-13(2)6-4-3-5-10(13)17-12(18)9-7-15-8-11(14)16-9/h7-8,10H,3-6H2,1-2H3,(H2,14,16)(H,17,18). The van der Waals surface area contributed by atoms with Crippen LogP contribution < -0.4 is 11.1 Å². The Morgan fingerprint density at radius 1 is 1.44 bits per heavy atom. The molecule has 1 aliphatic carbocycles. The Kier molecular flexibility index (Phi) is 3.50. The van der Waals surface area contributed by atoms with Gasteiger partial charge in [-0.2, -0.15) is 0 Å². The number of amides is 1. The molecule has 0 bridgehead atoms. The van der Waals surface area contributed by atoms with E-state index in [1.165, 1.54) is 18.8 Å². The average molecular weight is 248 g/mol. The SMILES string of the molecule is CC1(C)CCCCC1NC(=O)c1cncc(N)n1. The molecule has 5 nitrogen and oxygen atoms in total. The molecule has 0 spiro atoms. The number of nitrogens with two attached hydrogens (primary N) is 1. The molecule has 1 aromatic heterocycles. The van der Waals surface area contributed by atoms with Crippen LogP contribution in [0.25, 0.3) is 0 Å². The van der Waals surface area contributed by atoms with E-state index >= 15 is 0 Å². The molecule has 1 aromatic rings. The van der Waals surface area contributed by atoms with Crippen LogP contribution >= 0.6 is 0 Å². The quantitative estimate of drug-likeness (QED) is 0.835. The van der Waals surface area contributed by atoms with Gasteiger partial charge in [0, 0.05) is 6.04 Å². The van der Waals surface area contributed by atoms with Crippen LogP contribution in [0.3, 0.4) is 0 Å². The fraction of sp³-hybridized carbons (Fsp3) is 0.615. The summed E-state index contributed by atoms with van der Waals surface area (Å²) in [4.78, 5) is 20.0. The number of rotatable bonds is 2. The zero-order valence-electron chi connectivity index (χ0n) is 10.9. The molecule has 18 heavy (non-hydrogen) atoms. The van der Waals surface area contributed by atoms with Gasteiger partial charge >= 0.3 is 0 Å². The maximum Gasteiger partial charge on any atom is 0.271 e. The van der Waals surface area contributed by atoms with Crippen LogP contribution in [0.4, 0.5) is 5.82 Å². The zero-order valence-corrected chi connectivity index (χ0v) is 10.9. The lowest BCUT2D eigenvalue weighted by molar-refractivity contribution is 0.0848. The second kappa shape index (κ2) is 4.92. The highest BCUT2D eigenvalue weighted by molar-refractivity contribution is 5.92. The van der Waals surface area contributed by atoms with Crippen molar-refractivity contribution in [3.63, 3.8) is 0 Å². The van der Waals surface area contributed by atoms with Crippen LogP contribution in [-0.4, -0.2) is 21.9 Å². The van der Waals surface area contributed by atoms with Crippen molar-refractivity contribution < 1.29 is 4.79 Å². The second-order valence-corrected chi connectivity index (χ2v) is 5.59. The number of aromatic nitrogens is 2. The minimum Gasteiger partial charge on any atom is -0.382 e. The highest BCUT2D eigenvalue weighted by atomic mass is 16.2. The Morgan fingerprint density at radius 3 is 2.89 bits per heavy atom. The molecule has 1 unspecified atom stereocenters. The van der Waals surface area contributed by atoms with Gasteiger partial charge in [-0.1, -0.05) is 26.7 Å². The third-order valence-corrected chi connectivity index (χ3v) is 3.70. The summed E-state index contributed by atoms with van der Waals surface area (Å²) in [5.41, 5.74) is 5.96. The van der Waals surface area contributed by atoms with Crippen LogP contribution in [0, 0.1) is 5.41 Å². The number of carbonyl (C=O) groups is 1. The second-order valence-electron chi connectivity index (χ2n) is 5.59. The summed E-state index contributed by atoms with van der Waals surface area (Å²) in [6, 6.07) is 0.196. The van der Waals surface area contributed by atoms with Crippen LogP contribution in [-0.2, 0) is 0 Å². The van der Waals surface area contributed by atoms with E-state index in [-0.39, 0.29) is 28.9 Å². The normalized spacial score (nSPS) is 22.4. The van der Waals surface area contributed by atoms with E-state index in [0.29, 0.717) is 0 Å². The third-order valence-electron chi connectivity index (χ3n) is 3.70. The predicted octanol–water partition coefficient (Wildman–Crippen LogP) is 1.76. The van der Waals surface area contributed by atoms with Crippen LogP contribution in [0.1, 0.15) is 50.0 Å². The summed E-state index contributed by atoms with van der Waals surface area (Å²) in [5, 5.41) is 3.06. The summed E-state index contributed by atoms with van der Waals surface area (Å²) in [5.74, 6) is 0.0836. The van der Waals surface area contributed by atoms with Gasteiger partial charge in [-0.25, -0.2) is 4.98 Å². The monoisotopic (exact) mass is 248 g/mol. The highest BCUT2D eigenvalue weighted by Gasteiger charge is 2.33. The van der Waals surface area contributed by atoms with Gasteiger partial charge < -0.3 is 11.1 Å². The van der Waals surface area contributed by atoms with Gasteiger partial charge in [0.05, 0.1) is 12.4 Å². The van der Waals surface area contributed by atoms with E-state index in [4.69, 9.17) is 5.73 Å². The minimum absolute atomic E-state index is 0.141. The average Bonchev–Trinajstić information content (AvgIpc) is 2.31. The lowest BCUT2D eigenvalue weighted by atomic mass is 9.73. The maximum absolute atomic E-state index is 12.1. The zero-order chi connectivity index (χ0) is 13.2. The van der Waals surface area contributed by atoms with E-state index in [1.807, 2.05) is 0 Å². The molecular weight excluding hydrogens is 228 g/mol. The van der Waals surface area contributed by atoms with Gasteiger partial charge in [-0.05, 0) is 18.3 Å². The summed E-state index contributed by atoms with van der Waals surface area (Å²) in [6.45, 7) is 4.39. The molecule has 0 aliphatic heterocycles. The number of carbonyl (C=O) groups excluding carboxylic acids is 1. The molecule has 1 aliphatic rings. The van der Waals surface area contributed by atoms with E-state index < -0.39 is 0 Å². The van der Waals surface area contributed by atoms with Gasteiger partial charge in [-0.15, -0.1) is 0 Å². The summed E-state index contributed by atoms with van der Waals surface area (Å²) in [7, 11) is 0. The van der Waals surface area contributed by atoms with Crippen molar-refractivity contribution in [1.29, 1.82) is 0 Å². The predicted molar refractivity (Wildman–Crippen MR) is 69.9 cm³/mol. The molecule has 5 heteroatoms. The lowest BCUT2D eigenvalue weighted by Crippen LogP contribution is -2.47. The van der Waals surface area contributed by atoms with E-state index in [0.717, 1.165) is 19.3 Å². The van der Waals surface area contributed by atoms with Gasteiger partial charge in [0.1, 0.15) is 11.5 Å². The summed E-state index contributed by atoms with van der Waals surface area (Å²) >= 11 is 0. The highest BCUT2D eigenvalue weighted by Crippen LogP contribution is 2.35. The van der Waals surface area contributed by atoms with Crippen LogP contribution in [0.5, 0.6) is 0 Å². The fourth-order valence-electron chi connectivity index (χ4n) is 2.48. The molecule has 1 fully saturated rings. The molecule has 2 rings (SSSR count). The number of anilines is 1. The van der Waals surface area contributed by atoms with Crippen molar-refractivity contribution >= 4 is 11.7 Å². The van der Waals surface area contributed by atoms with Crippen molar-refractivity contribution in [3.05, 3.63) is 18.1 Å². The number of nitrogens with zero attached hydrogens (tertiary/aromatic N) is 2. The van der Waals surface area contributed by atoms with Crippen molar-refractivity contribution in [2.24, 2.45) is 5.41 Å². The van der Waals surface area contributed by atoms with Crippen molar-refractivity contribution in [2.75, 3.05) is 5.73 Å². The summed E-state index contributed by atoms with van der Waals surface area (Å²) < 4.78 is 0. The first-order valence-electron chi connectivity index (χ1n) is 6.37. The summed E-state index contributed by atoms with van der Waals surface area (Å²) in [6.07, 6.45) is 7.44. The Morgan fingerprint density at radius 2 is 2.22 bits per heavy atom. The van der Waals surface area contributed by atoms with Crippen LogP contribution in [0.15, 0.2) is 12.4 Å². The smallest absolute Gasteiger partial charge is 0.271 e. The maximum atomic E-state index is 12.1. The molecule has 1 amide bonds. The fourth-order valence-corrected chi connectivity index (χ4v) is 2.48.